The van der Waals surface area contributed by atoms with E-state index in [0.29, 0.717) is 13.1 Å². The van der Waals surface area contributed by atoms with E-state index >= 15 is 0 Å². The van der Waals surface area contributed by atoms with Crippen LogP contribution >= 0.6 is 0 Å². The van der Waals surface area contributed by atoms with Crippen LogP contribution in [0.15, 0.2) is 53.3 Å². The molecule has 1 N–H and O–H groups in total. The van der Waals surface area contributed by atoms with Crippen LogP contribution in [0.1, 0.15) is 81.1 Å². The second-order valence-electron chi connectivity index (χ2n) is 10.5. The number of rotatable bonds is 10. The van der Waals surface area contributed by atoms with Gasteiger partial charge in [0.2, 0.25) is 0 Å². The molecule has 190 valence electrons. The van der Waals surface area contributed by atoms with Gasteiger partial charge in [-0.2, -0.15) is 0 Å². The van der Waals surface area contributed by atoms with Gasteiger partial charge in [0.25, 0.3) is 5.56 Å². The summed E-state index contributed by atoms with van der Waals surface area (Å²) in [6.07, 6.45) is 2.77. The van der Waals surface area contributed by atoms with Gasteiger partial charge in [0.15, 0.2) is 5.82 Å². The van der Waals surface area contributed by atoms with Crippen molar-refractivity contribution in [1.29, 1.82) is 0 Å². The Morgan fingerprint density at radius 3 is 2.50 bits per heavy atom. The molecule has 0 spiro atoms. The number of H-pyrrole nitrogens is 1. The molecule has 0 unspecified atom stereocenters. The number of tetrazole rings is 1. The quantitative estimate of drug-likeness (QED) is 0.305. The molecule has 0 amide bonds. The standard InChI is InChI=1S/C29H38N6O/c1-7-10-25(27-31-32-33-35(27)29(5,6)8-2)34(18-22-15-13-20(3)14-16-22)19-24-17-23-12-9-11-21(4)26(23)30-28(24)36/h9,11-17,25H,7-8,10,18-19H2,1-6H3,(H,30,36)/t25-/m1/s1. The lowest BCUT2D eigenvalue weighted by atomic mass is 10.00. The highest BCUT2D eigenvalue weighted by molar-refractivity contribution is 5.81. The molecule has 0 saturated heterocycles. The fourth-order valence-electron chi connectivity index (χ4n) is 4.70. The van der Waals surface area contributed by atoms with Crippen LogP contribution in [0, 0.1) is 13.8 Å². The van der Waals surface area contributed by atoms with Crippen LogP contribution in [0.5, 0.6) is 0 Å². The largest absolute Gasteiger partial charge is 0.321 e. The van der Waals surface area contributed by atoms with E-state index in [2.05, 4.69) is 90.4 Å². The first kappa shape index (κ1) is 25.8. The van der Waals surface area contributed by atoms with Gasteiger partial charge in [-0.25, -0.2) is 4.68 Å². The first-order valence-electron chi connectivity index (χ1n) is 12.9. The summed E-state index contributed by atoms with van der Waals surface area (Å²) in [6.45, 7) is 14.0. The summed E-state index contributed by atoms with van der Waals surface area (Å²) in [6, 6.07) is 16.7. The SMILES string of the molecule is CCC[C@H](c1nnnn1C(C)(C)CC)N(Cc1ccc(C)cc1)Cc1cc2cccc(C)c2[nH]c1=O. The van der Waals surface area contributed by atoms with Gasteiger partial charge in [0, 0.05) is 18.7 Å². The molecule has 4 aromatic rings. The van der Waals surface area contributed by atoms with Crippen LogP contribution in [0.25, 0.3) is 10.9 Å². The first-order valence-corrected chi connectivity index (χ1v) is 12.9. The third kappa shape index (κ3) is 5.41. The molecular weight excluding hydrogens is 448 g/mol. The van der Waals surface area contributed by atoms with E-state index in [9.17, 15) is 4.79 Å². The van der Waals surface area contributed by atoms with Gasteiger partial charge in [0.1, 0.15) is 0 Å². The van der Waals surface area contributed by atoms with Gasteiger partial charge in [-0.15, -0.1) is 5.10 Å². The van der Waals surface area contributed by atoms with Gasteiger partial charge in [0.05, 0.1) is 17.1 Å². The molecule has 0 aliphatic heterocycles. The zero-order valence-electron chi connectivity index (χ0n) is 22.4. The number of aryl methyl sites for hydroxylation is 2. The normalized spacial score (nSPS) is 13.0. The second kappa shape index (κ2) is 10.7. The first-order chi connectivity index (χ1) is 17.2. The highest BCUT2D eigenvalue weighted by atomic mass is 16.1. The lowest BCUT2D eigenvalue weighted by molar-refractivity contribution is 0.145. The molecule has 2 aromatic carbocycles. The third-order valence-corrected chi connectivity index (χ3v) is 7.28. The smallest absolute Gasteiger partial charge is 0.252 e. The Bertz CT molecular complexity index is 1370. The van der Waals surface area contributed by atoms with E-state index in [0.717, 1.165) is 47.1 Å². The van der Waals surface area contributed by atoms with Crippen molar-refractivity contribution in [1.82, 2.24) is 30.1 Å². The van der Waals surface area contributed by atoms with Crippen LogP contribution in [-0.4, -0.2) is 30.1 Å². The van der Waals surface area contributed by atoms with Crippen LogP contribution in [0.4, 0.5) is 0 Å². The Balaban J connectivity index is 1.80. The Labute approximate surface area is 213 Å². The van der Waals surface area contributed by atoms with Crippen molar-refractivity contribution in [3.05, 3.63) is 87.0 Å². The summed E-state index contributed by atoms with van der Waals surface area (Å²) in [7, 11) is 0. The maximum absolute atomic E-state index is 13.2. The lowest BCUT2D eigenvalue weighted by Gasteiger charge is -2.33. The number of nitrogens with one attached hydrogen (secondary N) is 1. The molecule has 0 bridgehead atoms. The Hall–Kier alpha value is -3.32. The van der Waals surface area contributed by atoms with Crippen molar-refractivity contribution in [2.24, 2.45) is 0 Å². The minimum absolute atomic E-state index is 0.0373. The van der Waals surface area contributed by atoms with Crippen LogP contribution in [-0.2, 0) is 18.6 Å². The minimum Gasteiger partial charge on any atom is -0.321 e. The average Bonchev–Trinajstić information content (AvgIpc) is 3.35. The summed E-state index contributed by atoms with van der Waals surface area (Å²) in [5.41, 5.74) is 4.88. The molecule has 0 radical (unpaired) electrons. The van der Waals surface area contributed by atoms with E-state index in [1.54, 1.807) is 0 Å². The number of aromatic amines is 1. The molecule has 0 aliphatic carbocycles. The fourth-order valence-corrected chi connectivity index (χ4v) is 4.70. The van der Waals surface area contributed by atoms with Crippen molar-refractivity contribution in [2.45, 2.75) is 85.5 Å². The number of pyridine rings is 1. The number of hydrogen-bond acceptors (Lipinski definition) is 5. The van der Waals surface area contributed by atoms with E-state index in [1.165, 1.54) is 11.1 Å². The highest BCUT2D eigenvalue weighted by Gasteiger charge is 2.31. The van der Waals surface area contributed by atoms with Crippen molar-refractivity contribution in [3.8, 4) is 0 Å². The number of nitrogens with zero attached hydrogens (tertiary/aromatic N) is 5. The molecule has 7 heteroatoms. The van der Waals surface area contributed by atoms with E-state index in [-0.39, 0.29) is 17.1 Å². The van der Waals surface area contributed by atoms with Gasteiger partial charge in [-0.1, -0.05) is 68.3 Å². The maximum Gasteiger partial charge on any atom is 0.252 e. The number of aromatic nitrogens is 5. The topological polar surface area (TPSA) is 79.7 Å². The van der Waals surface area contributed by atoms with Gasteiger partial charge in [-0.05, 0) is 73.5 Å². The predicted molar refractivity (Wildman–Crippen MR) is 145 cm³/mol. The molecule has 0 saturated carbocycles. The minimum atomic E-state index is -0.210. The fraction of sp³-hybridized carbons (Fsp3) is 0.448. The monoisotopic (exact) mass is 486 g/mol. The predicted octanol–water partition coefficient (Wildman–Crippen LogP) is 5.82. The number of fused-ring (bicyclic) bond motifs is 1. The number of hydrogen-bond donors (Lipinski definition) is 1. The maximum atomic E-state index is 13.2. The van der Waals surface area contributed by atoms with Gasteiger partial charge >= 0.3 is 0 Å². The number of benzene rings is 2. The van der Waals surface area contributed by atoms with Crippen molar-refractivity contribution in [2.75, 3.05) is 0 Å². The Morgan fingerprint density at radius 2 is 1.81 bits per heavy atom. The summed E-state index contributed by atoms with van der Waals surface area (Å²) in [4.78, 5) is 18.7. The van der Waals surface area contributed by atoms with E-state index < -0.39 is 0 Å². The zero-order valence-corrected chi connectivity index (χ0v) is 22.4. The van der Waals surface area contributed by atoms with Gasteiger partial charge < -0.3 is 4.98 Å². The second-order valence-corrected chi connectivity index (χ2v) is 10.5. The molecule has 2 aromatic heterocycles. The Morgan fingerprint density at radius 1 is 1.06 bits per heavy atom. The highest BCUT2D eigenvalue weighted by Crippen LogP contribution is 2.31. The van der Waals surface area contributed by atoms with E-state index in [1.807, 2.05) is 29.8 Å². The van der Waals surface area contributed by atoms with Crippen LogP contribution in [0.3, 0.4) is 0 Å². The molecule has 36 heavy (non-hydrogen) atoms. The summed E-state index contributed by atoms with van der Waals surface area (Å²) < 4.78 is 1.98. The van der Waals surface area contributed by atoms with Crippen LogP contribution in [0.2, 0.25) is 0 Å². The summed E-state index contributed by atoms with van der Waals surface area (Å²) in [5, 5.41) is 14.1. The van der Waals surface area contributed by atoms with Gasteiger partial charge in [-0.3, -0.25) is 9.69 Å². The molecule has 1 atom stereocenters. The third-order valence-electron chi connectivity index (χ3n) is 7.28. The molecule has 4 rings (SSSR count). The molecule has 0 fully saturated rings. The lowest BCUT2D eigenvalue weighted by Crippen LogP contribution is -2.36. The summed E-state index contributed by atoms with van der Waals surface area (Å²) in [5.74, 6) is 0.851. The van der Waals surface area contributed by atoms with E-state index in [4.69, 9.17) is 0 Å². The van der Waals surface area contributed by atoms with Crippen molar-refractivity contribution >= 4 is 10.9 Å². The number of para-hydroxylation sites is 1. The molecular formula is C29H38N6O. The molecule has 2 heterocycles. The summed E-state index contributed by atoms with van der Waals surface area (Å²) >= 11 is 0. The van der Waals surface area contributed by atoms with Crippen molar-refractivity contribution < 1.29 is 0 Å². The van der Waals surface area contributed by atoms with Crippen molar-refractivity contribution in [3.63, 3.8) is 0 Å². The zero-order chi connectivity index (χ0) is 25.9. The average molecular weight is 487 g/mol. The van der Waals surface area contributed by atoms with Crippen LogP contribution < -0.4 is 5.56 Å². The Kier molecular flexibility index (Phi) is 7.69. The molecule has 0 aliphatic rings. The molecule has 7 nitrogen and oxygen atoms in total.